The molecule has 3 aliphatic rings. The van der Waals surface area contributed by atoms with E-state index in [-0.39, 0.29) is 37.6 Å². The summed E-state index contributed by atoms with van der Waals surface area (Å²) in [4.78, 5) is 94.3. The van der Waals surface area contributed by atoms with E-state index in [0.717, 1.165) is 10.5 Å². The van der Waals surface area contributed by atoms with Gasteiger partial charge < -0.3 is 41.5 Å². The van der Waals surface area contributed by atoms with Crippen LogP contribution in [0.25, 0.3) is 0 Å². The summed E-state index contributed by atoms with van der Waals surface area (Å²) in [5, 5.41) is 23.3. The number of nitrogens with zero attached hydrogens (tertiary/aromatic N) is 2. The van der Waals surface area contributed by atoms with Crippen LogP contribution in [0.2, 0.25) is 0 Å². The number of hydrogen-bond acceptors (Lipinski definition) is 8. The Labute approximate surface area is 260 Å². The van der Waals surface area contributed by atoms with Crippen molar-refractivity contribution in [2.45, 2.75) is 75.8 Å². The van der Waals surface area contributed by atoms with Crippen LogP contribution in [-0.4, -0.2) is 119 Å². The molecule has 1 aromatic carbocycles. The van der Waals surface area contributed by atoms with E-state index in [1.807, 2.05) is 6.07 Å². The van der Waals surface area contributed by atoms with E-state index in [0.29, 0.717) is 6.42 Å². The molecule has 0 aliphatic carbocycles. The van der Waals surface area contributed by atoms with Crippen molar-refractivity contribution in [3.8, 4) is 0 Å². The second-order valence-corrected chi connectivity index (χ2v) is 12.1. The third-order valence-corrected chi connectivity index (χ3v) is 8.26. The number of aliphatic hydroxyl groups excluding tert-OH is 1. The van der Waals surface area contributed by atoms with Crippen molar-refractivity contribution >= 4 is 41.4 Å². The van der Waals surface area contributed by atoms with Crippen molar-refractivity contribution in [1.29, 1.82) is 0 Å². The maximum atomic E-state index is 14.2. The van der Waals surface area contributed by atoms with Crippen molar-refractivity contribution < 1.29 is 38.7 Å². The Balaban J connectivity index is 1.69. The lowest BCUT2D eigenvalue weighted by atomic mass is 10.0. The van der Waals surface area contributed by atoms with Gasteiger partial charge in [-0.3, -0.25) is 33.6 Å². The first-order valence-electron chi connectivity index (χ1n) is 15.1. The molecule has 0 spiro atoms. The molecule has 3 fully saturated rings. The number of rotatable bonds is 6. The molecule has 0 bridgehead atoms. The molecule has 1 aromatic rings. The minimum absolute atomic E-state index is 0.0210. The summed E-state index contributed by atoms with van der Waals surface area (Å²) in [7, 11) is 1.33. The van der Waals surface area contributed by atoms with Crippen LogP contribution < -0.4 is 26.6 Å². The number of aliphatic hydroxyl groups is 1. The average molecular weight is 628 g/mol. The molecule has 15 heteroatoms. The predicted octanol–water partition coefficient (Wildman–Crippen LogP) is -2.83. The van der Waals surface area contributed by atoms with Gasteiger partial charge in [0.1, 0.15) is 30.2 Å². The highest BCUT2D eigenvalue weighted by Gasteiger charge is 2.45. The number of benzene rings is 1. The quantitative estimate of drug-likeness (QED) is 0.193. The van der Waals surface area contributed by atoms with E-state index in [1.54, 1.807) is 38.1 Å². The van der Waals surface area contributed by atoms with Gasteiger partial charge in [0.25, 0.3) is 0 Å². The zero-order valence-corrected chi connectivity index (χ0v) is 25.6. The fourth-order valence-electron chi connectivity index (χ4n) is 5.82. The lowest BCUT2D eigenvalue weighted by Crippen LogP contribution is -2.58. The summed E-state index contributed by atoms with van der Waals surface area (Å²) in [5.74, 6) is -4.44. The molecule has 7 amide bonds. The van der Waals surface area contributed by atoms with Crippen LogP contribution >= 0.6 is 0 Å². The van der Waals surface area contributed by atoms with Crippen LogP contribution in [0.4, 0.5) is 0 Å². The second kappa shape index (κ2) is 14.5. The van der Waals surface area contributed by atoms with Crippen LogP contribution in [-0.2, 0) is 40.0 Å². The Kier molecular flexibility index (Phi) is 10.8. The van der Waals surface area contributed by atoms with E-state index in [2.05, 4.69) is 26.6 Å². The van der Waals surface area contributed by atoms with Gasteiger partial charge in [0, 0.05) is 32.5 Å². The lowest BCUT2D eigenvalue weighted by Gasteiger charge is -2.30. The average Bonchev–Trinajstić information content (AvgIpc) is 3.63. The SMILES string of the molecule is CC(C)[C@H]1NC(=O)CN(C)C(=O)[C@H](CO)NC(=O)[C@@H]2C[C@H](NC(=O)[C@H]3CCC(=O)N3)CN2C(=O)[C@H](Cc2ccccc2)NC1=O. The van der Waals surface area contributed by atoms with Crippen molar-refractivity contribution in [3.63, 3.8) is 0 Å². The molecule has 6 atom stereocenters. The lowest BCUT2D eigenvalue weighted by molar-refractivity contribution is -0.143. The molecule has 6 N–H and O–H groups in total. The van der Waals surface area contributed by atoms with Crippen molar-refractivity contribution in [1.82, 2.24) is 36.4 Å². The smallest absolute Gasteiger partial charge is 0.247 e. The molecule has 0 aromatic heterocycles. The zero-order chi connectivity index (χ0) is 32.8. The largest absolute Gasteiger partial charge is 0.394 e. The van der Waals surface area contributed by atoms with E-state index in [1.165, 1.54) is 11.9 Å². The van der Waals surface area contributed by atoms with Crippen LogP contribution in [0, 0.1) is 5.92 Å². The van der Waals surface area contributed by atoms with E-state index < -0.39 is 84.8 Å². The van der Waals surface area contributed by atoms with Gasteiger partial charge in [0.2, 0.25) is 41.4 Å². The Bertz CT molecular complexity index is 1320. The number of nitrogens with one attached hydrogen (secondary N) is 5. The Morgan fingerprint density at radius 2 is 1.62 bits per heavy atom. The Morgan fingerprint density at radius 1 is 0.933 bits per heavy atom. The van der Waals surface area contributed by atoms with Crippen LogP contribution in [0.15, 0.2) is 30.3 Å². The summed E-state index contributed by atoms with van der Waals surface area (Å²) < 4.78 is 0. The predicted molar refractivity (Wildman–Crippen MR) is 159 cm³/mol. The first-order chi connectivity index (χ1) is 21.4. The molecule has 0 radical (unpaired) electrons. The zero-order valence-electron chi connectivity index (χ0n) is 25.6. The molecule has 0 unspecified atom stereocenters. The highest BCUT2D eigenvalue weighted by molar-refractivity contribution is 5.98. The standard InChI is InChI=1S/C30H41N7O8/c1-16(2)25-28(43)33-20(11-17-7-5-4-6-8-17)30(45)37-13-18(31-26(41)19-9-10-23(39)32-19)12-22(37)27(42)34-21(15-38)29(44)36(3)14-24(40)35-25/h4-8,16,18-22,25,38H,9-15H2,1-3H3,(H,31,41)(H,32,39)(H,33,43)(H,34,42)(H,35,40)/t18-,19+,20-,21-,22-,25+/m0/s1. The molecule has 45 heavy (non-hydrogen) atoms. The fraction of sp³-hybridized carbons (Fsp3) is 0.567. The first kappa shape index (κ1) is 33.4. The summed E-state index contributed by atoms with van der Waals surface area (Å²) >= 11 is 0. The van der Waals surface area contributed by atoms with Crippen molar-refractivity contribution in [2.75, 3.05) is 26.7 Å². The van der Waals surface area contributed by atoms with E-state index in [4.69, 9.17) is 0 Å². The Hall–Kier alpha value is -4.53. The van der Waals surface area contributed by atoms with Gasteiger partial charge in [-0.1, -0.05) is 44.2 Å². The number of hydrogen-bond donors (Lipinski definition) is 6. The molecular weight excluding hydrogens is 586 g/mol. The molecule has 3 saturated heterocycles. The van der Waals surface area contributed by atoms with Crippen LogP contribution in [0.5, 0.6) is 0 Å². The van der Waals surface area contributed by atoms with Gasteiger partial charge in [-0.25, -0.2) is 0 Å². The maximum Gasteiger partial charge on any atom is 0.247 e. The molecule has 0 saturated carbocycles. The third-order valence-electron chi connectivity index (χ3n) is 8.26. The van der Waals surface area contributed by atoms with Crippen LogP contribution in [0.3, 0.4) is 0 Å². The third kappa shape index (κ3) is 8.15. The highest BCUT2D eigenvalue weighted by atomic mass is 16.3. The van der Waals surface area contributed by atoms with Gasteiger partial charge >= 0.3 is 0 Å². The molecule has 3 aliphatic heterocycles. The van der Waals surface area contributed by atoms with E-state index >= 15 is 0 Å². The maximum absolute atomic E-state index is 14.2. The summed E-state index contributed by atoms with van der Waals surface area (Å²) in [5.41, 5.74) is 0.730. The highest BCUT2D eigenvalue weighted by Crippen LogP contribution is 2.22. The summed E-state index contributed by atoms with van der Waals surface area (Å²) in [6, 6.07) is 2.75. The van der Waals surface area contributed by atoms with Crippen LogP contribution in [0.1, 0.15) is 38.7 Å². The minimum Gasteiger partial charge on any atom is -0.394 e. The van der Waals surface area contributed by atoms with Crippen molar-refractivity contribution in [2.24, 2.45) is 5.92 Å². The number of likely N-dealkylation sites (N-methyl/N-ethyl adjacent to an activating group) is 1. The molecule has 244 valence electrons. The van der Waals surface area contributed by atoms with Gasteiger partial charge in [-0.2, -0.15) is 0 Å². The normalized spacial score (nSPS) is 28.5. The summed E-state index contributed by atoms with van der Waals surface area (Å²) in [6.45, 7) is 2.14. The second-order valence-electron chi connectivity index (χ2n) is 12.1. The van der Waals surface area contributed by atoms with E-state index in [9.17, 15) is 38.7 Å². The van der Waals surface area contributed by atoms with Gasteiger partial charge in [-0.05, 0) is 24.3 Å². The molecule has 3 heterocycles. The topological polar surface area (TPSA) is 206 Å². The van der Waals surface area contributed by atoms with Gasteiger partial charge in [0.15, 0.2) is 0 Å². The Morgan fingerprint density at radius 3 is 2.24 bits per heavy atom. The first-order valence-corrected chi connectivity index (χ1v) is 15.1. The molecular formula is C30H41N7O8. The fourth-order valence-corrected chi connectivity index (χ4v) is 5.82. The number of amides is 7. The molecule has 4 rings (SSSR count). The minimum atomic E-state index is -1.42. The summed E-state index contributed by atoms with van der Waals surface area (Å²) in [6.07, 6.45) is 0.575. The number of fused-ring (bicyclic) bond motifs is 1. The van der Waals surface area contributed by atoms with Crippen molar-refractivity contribution in [3.05, 3.63) is 35.9 Å². The van der Waals surface area contributed by atoms with Gasteiger partial charge in [0.05, 0.1) is 13.2 Å². The molecule has 15 nitrogen and oxygen atoms in total. The number of carbonyl (C=O) groups is 7. The van der Waals surface area contributed by atoms with Gasteiger partial charge in [-0.15, -0.1) is 0 Å². The number of carbonyl (C=O) groups excluding carboxylic acids is 7. The monoisotopic (exact) mass is 627 g/mol.